The molecule has 0 radical (unpaired) electrons. The number of aliphatic carboxylic acids is 1. The monoisotopic (exact) mass is 497 g/mol. The third-order valence-electron chi connectivity index (χ3n) is 4.09. The number of nitrogens with one attached hydrogen (secondary N) is 1. The number of halogens is 2. The number of carboxylic acid groups (broad SMARTS) is 1. The smallest absolute Gasteiger partial charge is 0.408 e. The van der Waals surface area contributed by atoms with E-state index in [1.54, 1.807) is 52.1 Å². The fourth-order valence-corrected chi connectivity index (χ4v) is 3.14. The number of alkyl carbamates (subject to hydrolysis) is 1. The number of ether oxygens (including phenoxy) is 3. The number of hydrogen-bond donors (Lipinski definition) is 2. The number of carbonyl (C=O) groups is 2. The van der Waals surface area contributed by atoms with E-state index >= 15 is 0 Å². The van der Waals surface area contributed by atoms with Crippen molar-refractivity contribution in [2.45, 2.75) is 45.4 Å². The third kappa shape index (κ3) is 7.43. The standard InChI is InChI=1S/C22H25BrFNO6/c1-22(2,3)31-21(28)25-18(20(26)27)11-15-17(24)10-9-16(23)19(15)30-12-13-5-7-14(29-4)8-6-13/h5-10,18H,11-12H2,1-4H3,(H,25,28)(H,26,27). The summed E-state index contributed by atoms with van der Waals surface area (Å²) in [6, 6.07) is 8.40. The lowest BCUT2D eigenvalue weighted by molar-refractivity contribution is -0.139. The molecule has 0 fully saturated rings. The van der Waals surface area contributed by atoms with Crippen molar-refractivity contribution in [1.29, 1.82) is 0 Å². The van der Waals surface area contributed by atoms with Crippen LogP contribution in [0.2, 0.25) is 0 Å². The van der Waals surface area contributed by atoms with E-state index in [-0.39, 0.29) is 24.3 Å². The molecule has 1 unspecified atom stereocenters. The van der Waals surface area contributed by atoms with E-state index in [0.717, 1.165) is 5.56 Å². The average molecular weight is 498 g/mol. The molecule has 2 N–H and O–H groups in total. The first-order chi connectivity index (χ1) is 14.5. The van der Waals surface area contributed by atoms with Crippen molar-refractivity contribution in [3.63, 3.8) is 0 Å². The van der Waals surface area contributed by atoms with Gasteiger partial charge in [-0.05, 0) is 66.5 Å². The molecule has 2 aromatic rings. The lowest BCUT2D eigenvalue weighted by Gasteiger charge is -2.23. The van der Waals surface area contributed by atoms with Crippen molar-refractivity contribution in [1.82, 2.24) is 5.32 Å². The van der Waals surface area contributed by atoms with E-state index in [4.69, 9.17) is 14.2 Å². The van der Waals surface area contributed by atoms with Gasteiger partial charge in [-0.3, -0.25) is 0 Å². The summed E-state index contributed by atoms with van der Waals surface area (Å²) in [5.74, 6) is -1.13. The second-order valence-corrected chi connectivity index (χ2v) is 8.57. The predicted octanol–water partition coefficient (Wildman–Crippen LogP) is 4.70. The average Bonchev–Trinajstić information content (AvgIpc) is 2.68. The van der Waals surface area contributed by atoms with Crippen LogP contribution in [-0.4, -0.2) is 35.9 Å². The van der Waals surface area contributed by atoms with Crippen molar-refractivity contribution in [3.05, 3.63) is 57.8 Å². The number of amides is 1. The van der Waals surface area contributed by atoms with Gasteiger partial charge in [0.25, 0.3) is 0 Å². The molecule has 168 valence electrons. The van der Waals surface area contributed by atoms with E-state index in [1.807, 2.05) is 0 Å². The number of methoxy groups -OCH3 is 1. The van der Waals surface area contributed by atoms with E-state index in [9.17, 15) is 19.1 Å². The Kier molecular flexibility index (Phi) is 8.27. The number of rotatable bonds is 8. The van der Waals surface area contributed by atoms with Crippen molar-refractivity contribution in [2.75, 3.05) is 7.11 Å². The topological polar surface area (TPSA) is 94.1 Å². The van der Waals surface area contributed by atoms with Crippen LogP contribution in [0.4, 0.5) is 9.18 Å². The molecular formula is C22H25BrFNO6. The van der Waals surface area contributed by atoms with Crippen LogP contribution >= 0.6 is 15.9 Å². The fraction of sp³-hybridized carbons (Fsp3) is 0.364. The molecule has 0 saturated carbocycles. The molecule has 0 bridgehead atoms. The SMILES string of the molecule is COc1ccc(COc2c(Br)ccc(F)c2CC(NC(=O)OC(C)(C)C)C(=O)O)cc1. The van der Waals surface area contributed by atoms with E-state index in [1.165, 1.54) is 12.1 Å². The van der Waals surface area contributed by atoms with Gasteiger partial charge in [-0.1, -0.05) is 12.1 Å². The molecule has 31 heavy (non-hydrogen) atoms. The highest BCUT2D eigenvalue weighted by atomic mass is 79.9. The van der Waals surface area contributed by atoms with Crippen molar-refractivity contribution in [3.8, 4) is 11.5 Å². The predicted molar refractivity (Wildman–Crippen MR) is 116 cm³/mol. The first kappa shape index (κ1) is 24.5. The minimum absolute atomic E-state index is 0.0198. The molecule has 2 aromatic carbocycles. The molecule has 1 atom stereocenters. The van der Waals surface area contributed by atoms with Gasteiger partial charge in [0, 0.05) is 12.0 Å². The van der Waals surface area contributed by atoms with Gasteiger partial charge in [-0.2, -0.15) is 0 Å². The van der Waals surface area contributed by atoms with E-state index in [0.29, 0.717) is 10.2 Å². The maximum Gasteiger partial charge on any atom is 0.408 e. The van der Waals surface area contributed by atoms with Gasteiger partial charge in [0.15, 0.2) is 0 Å². The molecule has 9 heteroatoms. The van der Waals surface area contributed by atoms with Crippen LogP contribution in [0.3, 0.4) is 0 Å². The van der Waals surface area contributed by atoms with Crippen molar-refractivity contribution < 1.29 is 33.3 Å². The Bertz CT molecular complexity index is 927. The molecule has 1 amide bonds. The summed E-state index contributed by atoms with van der Waals surface area (Å²) in [5.41, 5.74) is 0.0248. The summed E-state index contributed by atoms with van der Waals surface area (Å²) in [6.07, 6.45) is -1.24. The highest BCUT2D eigenvalue weighted by molar-refractivity contribution is 9.10. The summed E-state index contributed by atoms with van der Waals surface area (Å²) in [5, 5.41) is 11.8. The Morgan fingerprint density at radius 2 is 1.81 bits per heavy atom. The van der Waals surface area contributed by atoms with E-state index in [2.05, 4.69) is 21.2 Å². The van der Waals surface area contributed by atoms with Gasteiger partial charge in [0.2, 0.25) is 0 Å². The summed E-state index contributed by atoms with van der Waals surface area (Å²) >= 11 is 3.32. The Morgan fingerprint density at radius 1 is 1.16 bits per heavy atom. The molecule has 0 aromatic heterocycles. The van der Waals surface area contributed by atoms with Gasteiger partial charge in [-0.25, -0.2) is 14.0 Å². The van der Waals surface area contributed by atoms with Crippen LogP contribution in [0.15, 0.2) is 40.9 Å². The third-order valence-corrected chi connectivity index (χ3v) is 4.72. The maximum atomic E-state index is 14.6. The van der Waals surface area contributed by atoms with Crippen LogP contribution < -0.4 is 14.8 Å². The maximum absolute atomic E-state index is 14.6. The number of carboxylic acids is 1. The molecular weight excluding hydrogens is 473 g/mol. The number of benzene rings is 2. The summed E-state index contributed by atoms with van der Waals surface area (Å²) in [4.78, 5) is 23.7. The molecule has 0 heterocycles. The van der Waals surface area contributed by atoms with E-state index < -0.39 is 29.5 Å². The minimum atomic E-state index is -1.41. The summed E-state index contributed by atoms with van der Waals surface area (Å²) < 4.78 is 31.1. The van der Waals surface area contributed by atoms with Gasteiger partial charge < -0.3 is 24.6 Å². The Balaban J connectivity index is 2.22. The normalized spacial score (nSPS) is 12.1. The molecule has 0 aliphatic rings. The van der Waals surface area contributed by atoms with Gasteiger partial charge in [0.1, 0.15) is 35.6 Å². The van der Waals surface area contributed by atoms with Crippen LogP contribution in [0.1, 0.15) is 31.9 Å². The highest BCUT2D eigenvalue weighted by Gasteiger charge is 2.27. The minimum Gasteiger partial charge on any atom is -0.497 e. The molecule has 0 spiro atoms. The second-order valence-electron chi connectivity index (χ2n) is 7.71. The van der Waals surface area contributed by atoms with Crippen LogP contribution in [0.5, 0.6) is 11.5 Å². The van der Waals surface area contributed by atoms with Crippen molar-refractivity contribution in [2.24, 2.45) is 0 Å². The Hall–Kier alpha value is -2.81. The fourth-order valence-electron chi connectivity index (χ4n) is 2.65. The molecule has 2 rings (SSSR count). The van der Waals surface area contributed by atoms with Crippen LogP contribution in [-0.2, 0) is 22.6 Å². The second kappa shape index (κ2) is 10.5. The first-order valence-electron chi connectivity index (χ1n) is 9.45. The molecule has 0 saturated heterocycles. The van der Waals surface area contributed by atoms with Crippen LogP contribution in [0.25, 0.3) is 0 Å². The quantitative estimate of drug-likeness (QED) is 0.548. The number of carbonyl (C=O) groups excluding carboxylic acids is 1. The largest absolute Gasteiger partial charge is 0.497 e. The zero-order valence-corrected chi connectivity index (χ0v) is 19.3. The zero-order valence-electron chi connectivity index (χ0n) is 17.7. The molecule has 0 aliphatic heterocycles. The van der Waals surface area contributed by atoms with Crippen LogP contribution in [0, 0.1) is 5.82 Å². The number of hydrogen-bond acceptors (Lipinski definition) is 5. The first-order valence-corrected chi connectivity index (χ1v) is 10.2. The lowest BCUT2D eigenvalue weighted by atomic mass is 10.0. The van der Waals surface area contributed by atoms with Gasteiger partial charge in [-0.15, -0.1) is 0 Å². The zero-order chi connectivity index (χ0) is 23.2. The summed E-state index contributed by atoms with van der Waals surface area (Å²) in [7, 11) is 1.56. The van der Waals surface area contributed by atoms with Gasteiger partial charge >= 0.3 is 12.1 Å². The Labute approximate surface area is 188 Å². The molecule has 7 nitrogen and oxygen atoms in total. The molecule has 0 aliphatic carbocycles. The highest BCUT2D eigenvalue weighted by Crippen LogP contribution is 2.33. The van der Waals surface area contributed by atoms with Crippen molar-refractivity contribution >= 4 is 28.0 Å². The lowest BCUT2D eigenvalue weighted by Crippen LogP contribution is -2.44. The Morgan fingerprint density at radius 3 is 2.35 bits per heavy atom. The van der Waals surface area contributed by atoms with Gasteiger partial charge in [0.05, 0.1) is 11.6 Å². The summed E-state index contributed by atoms with van der Waals surface area (Å²) in [6.45, 7) is 5.08.